The van der Waals surface area contributed by atoms with Crippen molar-refractivity contribution in [3.63, 3.8) is 0 Å². The molecule has 1 aliphatic heterocycles. The van der Waals surface area contributed by atoms with Crippen LogP contribution in [0.25, 0.3) is 0 Å². The van der Waals surface area contributed by atoms with E-state index in [2.05, 4.69) is 5.32 Å². The maximum atomic E-state index is 12.4. The first kappa shape index (κ1) is 14.3. The lowest BCUT2D eigenvalue weighted by Crippen LogP contribution is -2.82. The highest BCUT2D eigenvalue weighted by Gasteiger charge is 2.70. The van der Waals surface area contributed by atoms with Crippen molar-refractivity contribution in [2.45, 2.75) is 51.3 Å². The van der Waals surface area contributed by atoms with E-state index in [0.717, 1.165) is 12.8 Å². The van der Waals surface area contributed by atoms with Crippen molar-refractivity contribution in [1.82, 2.24) is 5.32 Å². The molecule has 6 heteroatoms. The van der Waals surface area contributed by atoms with Crippen LogP contribution >= 0.6 is 0 Å². The Hall–Kier alpha value is -1.14. The first-order chi connectivity index (χ1) is 8.73. The largest absolute Gasteiger partial charge is 0.480 e. The van der Waals surface area contributed by atoms with Crippen LogP contribution in [0, 0.1) is 11.3 Å². The summed E-state index contributed by atoms with van der Waals surface area (Å²) in [5.41, 5.74) is 4.80. The molecule has 1 amide bonds. The number of nitrogens with one attached hydrogen (secondary N) is 1. The summed E-state index contributed by atoms with van der Waals surface area (Å²) in [6, 6.07) is -0.938. The Labute approximate surface area is 112 Å². The van der Waals surface area contributed by atoms with E-state index in [1.807, 2.05) is 13.8 Å². The summed E-state index contributed by atoms with van der Waals surface area (Å²) in [7, 11) is 0. The van der Waals surface area contributed by atoms with Gasteiger partial charge >= 0.3 is 5.97 Å². The average molecular weight is 270 g/mol. The standard InChI is InChI=1S/C13H22N2O4/c1-7(10(16)17)15-11(18)13(14)8-5-4-6-19-9(8)12(13,2)3/h7-9H,4-6,14H2,1-3H3,(H,15,18)(H,16,17)/t7-,8?,9?,13?/m0/s1. The number of fused-ring (bicyclic) bond motifs is 1. The SMILES string of the molecule is C[C@H](NC(=O)C1(N)C2CCCOC2C1(C)C)C(=O)O. The summed E-state index contributed by atoms with van der Waals surface area (Å²) >= 11 is 0. The average Bonchev–Trinajstić information content (AvgIpc) is 2.37. The van der Waals surface area contributed by atoms with E-state index in [9.17, 15) is 9.59 Å². The van der Waals surface area contributed by atoms with Gasteiger partial charge in [-0.05, 0) is 19.8 Å². The third-order valence-electron chi connectivity index (χ3n) is 4.78. The van der Waals surface area contributed by atoms with Gasteiger partial charge in [-0.1, -0.05) is 13.8 Å². The fourth-order valence-electron chi connectivity index (χ4n) is 3.41. The molecule has 6 nitrogen and oxygen atoms in total. The van der Waals surface area contributed by atoms with Crippen molar-refractivity contribution in [2.24, 2.45) is 17.1 Å². The van der Waals surface area contributed by atoms with Crippen molar-refractivity contribution in [1.29, 1.82) is 0 Å². The van der Waals surface area contributed by atoms with Crippen LogP contribution in [0.5, 0.6) is 0 Å². The molecular formula is C13H22N2O4. The van der Waals surface area contributed by atoms with Crippen LogP contribution in [0.4, 0.5) is 0 Å². The lowest BCUT2D eigenvalue weighted by molar-refractivity contribution is -0.225. The van der Waals surface area contributed by atoms with Gasteiger partial charge in [-0.25, -0.2) is 0 Å². The van der Waals surface area contributed by atoms with Gasteiger partial charge in [0.15, 0.2) is 0 Å². The zero-order valence-corrected chi connectivity index (χ0v) is 11.6. The van der Waals surface area contributed by atoms with E-state index in [-0.39, 0.29) is 17.9 Å². The van der Waals surface area contributed by atoms with Crippen LogP contribution in [-0.4, -0.2) is 41.3 Å². The van der Waals surface area contributed by atoms with Gasteiger partial charge in [0.05, 0.1) is 6.10 Å². The maximum Gasteiger partial charge on any atom is 0.325 e. The Balaban J connectivity index is 2.17. The number of rotatable bonds is 3. The van der Waals surface area contributed by atoms with Crippen LogP contribution in [0.3, 0.4) is 0 Å². The van der Waals surface area contributed by atoms with Gasteiger partial charge in [-0.15, -0.1) is 0 Å². The highest BCUT2D eigenvalue weighted by molar-refractivity contribution is 5.92. The minimum Gasteiger partial charge on any atom is -0.480 e. The predicted octanol–water partition coefficient (Wildman–Crippen LogP) is 0.108. The molecule has 2 aliphatic rings. The zero-order valence-electron chi connectivity index (χ0n) is 11.6. The number of hydrogen-bond acceptors (Lipinski definition) is 4. The number of carboxylic acids is 1. The minimum atomic E-state index is -1.06. The Morgan fingerprint density at radius 1 is 1.47 bits per heavy atom. The first-order valence-electron chi connectivity index (χ1n) is 6.67. The molecule has 108 valence electrons. The third-order valence-corrected chi connectivity index (χ3v) is 4.78. The van der Waals surface area contributed by atoms with Gasteiger partial charge in [0.1, 0.15) is 11.6 Å². The molecule has 1 saturated carbocycles. The molecule has 3 unspecified atom stereocenters. The number of carbonyl (C=O) groups excluding carboxylic acids is 1. The van der Waals surface area contributed by atoms with Crippen LogP contribution in [0.1, 0.15) is 33.6 Å². The van der Waals surface area contributed by atoms with E-state index in [4.69, 9.17) is 15.6 Å². The van der Waals surface area contributed by atoms with Crippen LogP contribution in [0.2, 0.25) is 0 Å². The molecule has 0 spiro atoms. The Bertz CT molecular complexity index is 409. The molecule has 1 aliphatic carbocycles. The van der Waals surface area contributed by atoms with Gasteiger partial charge in [0.2, 0.25) is 5.91 Å². The summed E-state index contributed by atoms with van der Waals surface area (Å²) in [4.78, 5) is 23.2. The van der Waals surface area contributed by atoms with Gasteiger partial charge in [0, 0.05) is 17.9 Å². The fourth-order valence-corrected chi connectivity index (χ4v) is 3.41. The molecule has 4 atom stereocenters. The van der Waals surface area contributed by atoms with E-state index >= 15 is 0 Å². The molecule has 0 radical (unpaired) electrons. The summed E-state index contributed by atoms with van der Waals surface area (Å²) in [6.07, 6.45) is 1.72. The highest BCUT2D eigenvalue weighted by Crippen LogP contribution is 2.57. The fraction of sp³-hybridized carbons (Fsp3) is 0.846. The second-order valence-corrected chi connectivity index (χ2v) is 6.16. The van der Waals surface area contributed by atoms with E-state index in [1.165, 1.54) is 6.92 Å². The molecule has 0 aromatic carbocycles. The molecule has 1 saturated heterocycles. The van der Waals surface area contributed by atoms with Gasteiger partial charge in [0.25, 0.3) is 0 Å². The molecule has 2 fully saturated rings. The number of carbonyl (C=O) groups is 2. The Morgan fingerprint density at radius 2 is 2.11 bits per heavy atom. The summed E-state index contributed by atoms with van der Waals surface area (Å²) in [6.45, 7) is 5.95. The Kier molecular flexibility index (Phi) is 3.35. The first-order valence-corrected chi connectivity index (χ1v) is 6.67. The smallest absolute Gasteiger partial charge is 0.325 e. The number of ether oxygens (including phenoxy) is 1. The van der Waals surface area contributed by atoms with Crippen LogP contribution in [-0.2, 0) is 14.3 Å². The highest BCUT2D eigenvalue weighted by atomic mass is 16.5. The molecule has 0 aromatic rings. The topological polar surface area (TPSA) is 102 Å². The van der Waals surface area contributed by atoms with Gasteiger partial charge < -0.3 is 20.9 Å². The molecule has 0 bridgehead atoms. The second-order valence-electron chi connectivity index (χ2n) is 6.16. The molecule has 2 rings (SSSR count). The molecule has 19 heavy (non-hydrogen) atoms. The van der Waals surface area contributed by atoms with Crippen molar-refractivity contribution in [3.8, 4) is 0 Å². The quantitative estimate of drug-likeness (QED) is 0.675. The summed E-state index contributed by atoms with van der Waals surface area (Å²) in [5.74, 6) is -1.48. The predicted molar refractivity (Wildman–Crippen MR) is 68.4 cm³/mol. The van der Waals surface area contributed by atoms with Gasteiger partial charge in [-0.3, -0.25) is 9.59 Å². The number of nitrogens with two attached hydrogens (primary N) is 1. The van der Waals surface area contributed by atoms with Crippen LogP contribution < -0.4 is 11.1 Å². The van der Waals surface area contributed by atoms with Crippen LogP contribution in [0.15, 0.2) is 0 Å². The lowest BCUT2D eigenvalue weighted by atomic mass is 9.46. The minimum absolute atomic E-state index is 0.0165. The van der Waals surface area contributed by atoms with E-state index in [0.29, 0.717) is 6.61 Å². The molecular weight excluding hydrogens is 248 g/mol. The van der Waals surface area contributed by atoms with E-state index in [1.54, 1.807) is 0 Å². The van der Waals surface area contributed by atoms with Crippen molar-refractivity contribution >= 4 is 11.9 Å². The summed E-state index contributed by atoms with van der Waals surface area (Å²) in [5, 5.41) is 11.4. The number of hydrogen-bond donors (Lipinski definition) is 3. The zero-order chi connectivity index (χ0) is 14.4. The maximum absolute atomic E-state index is 12.4. The number of carboxylic acid groups (broad SMARTS) is 1. The number of amides is 1. The van der Waals surface area contributed by atoms with Crippen molar-refractivity contribution < 1.29 is 19.4 Å². The van der Waals surface area contributed by atoms with E-state index < -0.39 is 23.0 Å². The number of aliphatic carboxylic acids is 1. The molecule has 4 N–H and O–H groups in total. The monoisotopic (exact) mass is 270 g/mol. The van der Waals surface area contributed by atoms with Crippen molar-refractivity contribution in [3.05, 3.63) is 0 Å². The third kappa shape index (κ3) is 1.85. The van der Waals surface area contributed by atoms with Crippen molar-refractivity contribution in [2.75, 3.05) is 6.61 Å². The normalized spacial score (nSPS) is 37.7. The molecule has 1 heterocycles. The summed E-state index contributed by atoms with van der Waals surface area (Å²) < 4.78 is 5.71. The molecule has 0 aromatic heterocycles. The lowest BCUT2D eigenvalue weighted by Gasteiger charge is -2.65. The van der Waals surface area contributed by atoms with Gasteiger partial charge in [-0.2, -0.15) is 0 Å². The Morgan fingerprint density at radius 3 is 2.68 bits per heavy atom. The second kappa shape index (κ2) is 4.45.